The van der Waals surface area contributed by atoms with Crippen LogP contribution in [0.2, 0.25) is 0 Å². The first-order valence-corrected chi connectivity index (χ1v) is 7.25. The molecule has 1 aliphatic heterocycles. The van der Waals surface area contributed by atoms with Crippen molar-refractivity contribution in [3.8, 4) is 0 Å². The zero-order chi connectivity index (χ0) is 12.5. The Bertz CT molecular complexity index is 179. The van der Waals surface area contributed by atoms with Crippen molar-refractivity contribution in [2.24, 2.45) is 5.92 Å². The minimum Gasteiger partial charge on any atom is -0.380 e. The van der Waals surface area contributed by atoms with Crippen LogP contribution in [0.25, 0.3) is 0 Å². The van der Waals surface area contributed by atoms with E-state index in [1.54, 1.807) is 0 Å². The standard InChI is InChI=1S/C14H30N2O/c1-4-8-16(9-10-17-12-13(2)3)11-14-6-5-7-15-14/h13-15H,4-12H2,1-3H3. The van der Waals surface area contributed by atoms with E-state index in [-0.39, 0.29) is 0 Å². The molecule has 1 fully saturated rings. The molecule has 1 N–H and O–H groups in total. The lowest BCUT2D eigenvalue weighted by molar-refractivity contribution is 0.0831. The average molecular weight is 242 g/mol. The molecule has 0 radical (unpaired) electrons. The molecule has 1 aliphatic rings. The van der Waals surface area contributed by atoms with Crippen molar-refractivity contribution in [3.63, 3.8) is 0 Å². The second kappa shape index (κ2) is 8.90. The monoisotopic (exact) mass is 242 g/mol. The van der Waals surface area contributed by atoms with Crippen LogP contribution in [0.4, 0.5) is 0 Å². The Kier molecular flexibility index (Phi) is 7.82. The zero-order valence-corrected chi connectivity index (χ0v) is 11.9. The lowest BCUT2D eigenvalue weighted by Gasteiger charge is -2.25. The molecular weight excluding hydrogens is 212 g/mol. The van der Waals surface area contributed by atoms with E-state index in [1.165, 1.54) is 38.9 Å². The maximum atomic E-state index is 5.67. The van der Waals surface area contributed by atoms with Gasteiger partial charge in [0.1, 0.15) is 0 Å². The van der Waals surface area contributed by atoms with Gasteiger partial charge in [-0.05, 0) is 38.3 Å². The Balaban J connectivity index is 2.13. The SMILES string of the molecule is CCCN(CCOCC(C)C)CC1CCCN1. The maximum Gasteiger partial charge on any atom is 0.0593 e. The van der Waals surface area contributed by atoms with Gasteiger partial charge in [-0.1, -0.05) is 20.8 Å². The van der Waals surface area contributed by atoms with E-state index < -0.39 is 0 Å². The van der Waals surface area contributed by atoms with Gasteiger partial charge in [-0.15, -0.1) is 0 Å². The zero-order valence-electron chi connectivity index (χ0n) is 11.9. The number of nitrogens with zero attached hydrogens (tertiary/aromatic N) is 1. The van der Waals surface area contributed by atoms with Crippen LogP contribution >= 0.6 is 0 Å². The van der Waals surface area contributed by atoms with Gasteiger partial charge in [-0.25, -0.2) is 0 Å². The Morgan fingerprint density at radius 2 is 2.18 bits per heavy atom. The third-order valence-corrected chi connectivity index (χ3v) is 3.18. The van der Waals surface area contributed by atoms with Crippen molar-refractivity contribution < 1.29 is 4.74 Å². The summed E-state index contributed by atoms with van der Waals surface area (Å²) in [5, 5.41) is 3.57. The third-order valence-electron chi connectivity index (χ3n) is 3.18. The summed E-state index contributed by atoms with van der Waals surface area (Å²) in [6, 6.07) is 0.714. The highest BCUT2D eigenvalue weighted by molar-refractivity contribution is 4.77. The van der Waals surface area contributed by atoms with Gasteiger partial charge in [0.05, 0.1) is 6.61 Å². The van der Waals surface area contributed by atoms with E-state index in [0.717, 1.165) is 19.8 Å². The fraction of sp³-hybridized carbons (Fsp3) is 1.00. The summed E-state index contributed by atoms with van der Waals surface area (Å²) in [6.45, 7) is 13.1. The molecule has 0 aromatic rings. The van der Waals surface area contributed by atoms with Crippen LogP contribution in [-0.2, 0) is 4.74 Å². The van der Waals surface area contributed by atoms with Crippen LogP contribution in [0.15, 0.2) is 0 Å². The molecule has 1 unspecified atom stereocenters. The first-order valence-electron chi connectivity index (χ1n) is 7.25. The first-order chi connectivity index (χ1) is 8.22. The smallest absolute Gasteiger partial charge is 0.0593 e. The quantitative estimate of drug-likeness (QED) is 0.627. The molecule has 0 spiro atoms. The third kappa shape index (κ3) is 7.02. The number of rotatable bonds is 9. The van der Waals surface area contributed by atoms with E-state index in [2.05, 4.69) is 31.0 Å². The lowest BCUT2D eigenvalue weighted by Crippen LogP contribution is -2.39. The molecule has 3 nitrogen and oxygen atoms in total. The molecule has 0 aliphatic carbocycles. The van der Waals surface area contributed by atoms with E-state index in [9.17, 15) is 0 Å². The molecule has 0 aromatic carbocycles. The highest BCUT2D eigenvalue weighted by Crippen LogP contribution is 2.07. The van der Waals surface area contributed by atoms with Crippen molar-refractivity contribution >= 4 is 0 Å². The normalized spacial score (nSPS) is 20.6. The Hall–Kier alpha value is -0.120. The number of nitrogens with one attached hydrogen (secondary N) is 1. The predicted molar refractivity (Wildman–Crippen MR) is 73.4 cm³/mol. The van der Waals surface area contributed by atoms with E-state index >= 15 is 0 Å². The topological polar surface area (TPSA) is 24.5 Å². The number of hydrogen-bond donors (Lipinski definition) is 1. The Labute approximate surface area is 107 Å². The summed E-state index contributed by atoms with van der Waals surface area (Å²) in [5.41, 5.74) is 0. The van der Waals surface area contributed by atoms with Gasteiger partial charge in [-0.2, -0.15) is 0 Å². The Morgan fingerprint density at radius 3 is 2.76 bits per heavy atom. The fourth-order valence-corrected chi connectivity index (χ4v) is 2.35. The van der Waals surface area contributed by atoms with Gasteiger partial charge in [0.2, 0.25) is 0 Å². The van der Waals surface area contributed by atoms with Crippen molar-refractivity contribution in [3.05, 3.63) is 0 Å². The molecule has 0 amide bonds. The molecule has 0 bridgehead atoms. The number of ether oxygens (including phenoxy) is 1. The molecule has 1 atom stereocenters. The molecule has 0 aromatic heterocycles. The summed E-state index contributed by atoms with van der Waals surface area (Å²) in [4.78, 5) is 2.54. The summed E-state index contributed by atoms with van der Waals surface area (Å²) in [6.07, 6.45) is 3.92. The van der Waals surface area contributed by atoms with Crippen LogP contribution in [0.1, 0.15) is 40.0 Å². The van der Waals surface area contributed by atoms with Crippen LogP contribution in [0.3, 0.4) is 0 Å². The molecule has 17 heavy (non-hydrogen) atoms. The van der Waals surface area contributed by atoms with Crippen molar-refractivity contribution in [2.75, 3.05) is 39.4 Å². The van der Waals surface area contributed by atoms with Gasteiger partial charge in [-0.3, -0.25) is 4.90 Å². The maximum absolute atomic E-state index is 5.67. The van der Waals surface area contributed by atoms with Gasteiger partial charge < -0.3 is 10.1 Å². The van der Waals surface area contributed by atoms with Crippen LogP contribution < -0.4 is 5.32 Å². The number of hydrogen-bond acceptors (Lipinski definition) is 3. The van der Waals surface area contributed by atoms with Crippen molar-refractivity contribution in [1.82, 2.24) is 10.2 Å². The van der Waals surface area contributed by atoms with Crippen molar-refractivity contribution in [1.29, 1.82) is 0 Å². The Morgan fingerprint density at radius 1 is 1.35 bits per heavy atom. The van der Waals surface area contributed by atoms with E-state index in [1.807, 2.05) is 0 Å². The highest BCUT2D eigenvalue weighted by atomic mass is 16.5. The molecule has 0 saturated carbocycles. The van der Waals surface area contributed by atoms with Gasteiger partial charge >= 0.3 is 0 Å². The highest BCUT2D eigenvalue weighted by Gasteiger charge is 2.17. The van der Waals surface area contributed by atoms with Crippen LogP contribution in [0, 0.1) is 5.92 Å². The molecular formula is C14H30N2O. The summed E-state index contributed by atoms with van der Waals surface area (Å²) in [5.74, 6) is 0.645. The summed E-state index contributed by atoms with van der Waals surface area (Å²) < 4.78 is 5.67. The molecule has 102 valence electrons. The average Bonchev–Trinajstić information content (AvgIpc) is 2.77. The fourth-order valence-electron chi connectivity index (χ4n) is 2.35. The van der Waals surface area contributed by atoms with Gasteiger partial charge in [0.15, 0.2) is 0 Å². The van der Waals surface area contributed by atoms with Crippen molar-refractivity contribution in [2.45, 2.75) is 46.1 Å². The van der Waals surface area contributed by atoms with E-state index in [0.29, 0.717) is 12.0 Å². The van der Waals surface area contributed by atoms with Crippen LogP contribution in [-0.4, -0.2) is 50.3 Å². The lowest BCUT2D eigenvalue weighted by atomic mass is 10.2. The predicted octanol–water partition coefficient (Wildman–Crippen LogP) is 2.12. The van der Waals surface area contributed by atoms with Gasteiger partial charge in [0.25, 0.3) is 0 Å². The minimum atomic E-state index is 0.645. The molecule has 1 heterocycles. The second-order valence-corrected chi connectivity index (χ2v) is 5.56. The first kappa shape index (κ1) is 14.9. The molecule has 1 saturated heterocycles. The minimum absolute atomic E-state index is 0.645. The summed E-state index contributed by atoms with van der Waals surface area (Å²) in [7, 11) is 0. The molecule has 3 heteroatoms. The largest absolute Gasteiger partial charge is 0.380 e. The van der Waals surface area contributed by atoms with E-state index in [4.69, 9.17) is 4.74 Å². The second-order valence-electron chi connectivity index (χ2n) is 5.56. The van der Waals surface area contributed by atoms with Gasteiger partial charge in [0, 0.05) is 25.7 Å². The summed E-state index contributed by atoms with van der Waals surface area (Å²) >= 11 is 0. The molecule has 1 rings (SSSR count). The van der Waals surface area contributed by atoms with Crippen LogP contribution in [0.5, 0.6) is 0 Å².